The Balaban J connectivity index is 1.63. The van der Waals surface area contributed by atoms with Crippen molar-refractivity contribution < 1.29 is 27.4 Å². The number of nitrogens with one attached hydrogen (secondary N) is 1. The SMILES string of the molecule is CC(C)(C)OC(=O)N1CCN(Cc2cc(C(C)(C)c3cc(Cl)c(OCCCl)c(C#N)c3)ccc2OCc2ccnc(NS(C)(=O)=O)n2)CC1. The van der Waals surface area contributed by atoms with Gasteiger partial charge in [0, 0.05) is 49.9 Å². The van der Waals surface area contributed by atoms with E-state index in [9.17, 15) is 18.5 Å². The van der Waals surface area contributed by atoms with Gasteiger partial charge in [-0.2, -0.15) is 5.26 Å². The molecule has 2 aromatic carbocycles. The zero-order chi connectivity index (χ0) is 36.0. The van der Waals surface area contributed by atoms with Crippen LogP contribution >= 0.6 is 23.2 Å². The number of nitrogens with zero attached hydrogens (tertiary/aromatic N) is 5. The topological polar surface area (TPSA) is 147 Å². The molecule has 0 unspecified atom stereocenters. The van der Waals surface area contributed by atoms with E-state index in [1.807, 2.05) is 39.0 Å². The fraction of sp³-hybridized carbons (Fsp3) is 0.471. The van der Waals surface area contributed by atoms with Gasteiger partial charge in [-0.3, -0.25) is 9.62 Å². The highest BCUT2D eigenvalue weighted by atomic mass is 35.5. The molecule has 1 aliphatic rings. The molecule has 49 heavy (non-hydrogen) atoms. The largest absolute Gasteiger partial charge is 0.489 e. The minimum Gasteiger partial charge on any atom is -0.489 e. The van der Waals surface area contributed by atoms with E-state index < -0.39 is 21.0 Å². The Bertz CT molecular complexity index is 1800. The molecule has 4 rings (SSSR count). The lowest BCUT2D eigenvalue weighted by Crippen LogP contribution is -2.49. The molecule has 0 saturated carbocycles. The number of nitriles is 1. The van der Waals surface area contributed by atoms with Crippen LogP contribution in [-0.4, -0.2) is 84.8 Å². The first-order valence-corrected chi connectivity index (χ1v) is 18.5. The number of carbonyl (C=O) groups excluding carboxylic acids is 1. The lowest BCUT2D eigenvalue weighted by atomic mass is 9.77. The highest BCUT2D eigenvalue weighted by Crippen LogP contribution is 2.39. The van der Waals surface area contributed by atoms with Crippen LogP contribution in [0.5, 0.6) is 11.5 Å². The Morgan fingerprint density at radius 3 is 2.39 bits per heavy atom. The number of amides is 1. The zero-order valence-electron chi connectivity index (χ0n) is 28.5. The number of ether oxygens (including phenoxy) is 3. The van der Waals surface area contributed by atoms with E-state index in [-0.39, 0.29) is 31.1 Å². The monoisotopic (exact) mass is 732 g/mol. The molecule has 1 saturated heterocycles. The lowest BCUT2D eigenvalue weighted by molar-refractivity contribution is 0.0138. The van der Waals surface area contributed by atoms with E-state index in [0.29, 0.717) is 60.5 Å². The third-order valence-corrected chi connectivity index (χ3v) is 8.76. The molecule has 0 radical (unpaired) electrons. The summed E-state index contributed by atoms with van der Waals surface area (Å²) in [4.78, 5) is 24.9. The quantitative estimate of drug-likeness (QED) is 0.222. The first kappa shape index (κ1) is 38.0. The standard InChI is InChI=1S/C34H42Cl2N6O6S/c1-33(2,3)48-32(43)42-14-12-41(13-15-42)21-24-18-25(34(4,5)26-17-23(20-37)30(28(36)19-26)46-16-10-35)7-8-29(24)47-22-27-9-11-38-31(39-27)40-49(6,44)45/h7-9,11,17-19H,10,12-16,21-22H2,1-6H3,(H,38,39,40). The van der Waals surface area contributed by atoms with Gasteiger partial charge in [0.1, 0.15) is 30.6 Å². The maximum atomic E-state index is 12.7. The van der Waals surface area contributed by atoms with Gasteiger partial charge in [-0.15, -0.1) is 11.6 Å². The summed E-state index contributed by atoms with van der Waals surface area (Å²) in [6, 6.07) is 13.4. The molecule has 2 heterocycles. The molecule has 15 heteroatoms. The van der Waals surface area contributed by atoms with Gasteiger partial charge >= 0.3 is 6.09 Å². The van der Waals surface area contributed by atoms with Crippen LogP contribution in [-0.2, 0) is 33.3 Å². The Hall–Kier alpha value is -3.83. The predicted molar refractivity (Wildman–Crippen MR) is 189 cm³/mol. The Morgan fingerprint density at radius 2 is 1.76 bits per heavy atom. The van der Waals surface area contributed by atoms with Gasteiger partial charge in [-0.05, 0) is 62.2 Å². The molecular weight excluding hydrogens is 691 g/mol. The van der Waals surface area contributed by atoms with Crippen LogP contribution in [0.1, 0.15) is 62.6 Å². The molecule has 264 valence electrons. The van der Waals surface area contributed by atoms with Crippen molar-refractivity contribution in [2.24, 2.45) is 0 Å². The van der Waals surface area contributed by atoms with E-state index in [1.165, 1.54) is 6.20 Å². The highest BCUT2D eigenvalue weighted by molar-refractivity contribution is 7.91. The fourth-order valence-corrected chi connectivity index (χ4v) is 6.00. The molecule has 0 atom stereocenters. The summed E-state index contributed by atoms with van der Waals surface area (Å²) in [6.45, 7) is 12.7. The summed E-state index contributed by atoms with van der Waals surface area (Å²) < 4.78 is 43.1. The summed E-state index contributed by atoms with van der Waals surface area (Å²) in [5.41, 5.74) is 2.32. The highest BCUT2D eigenvalue weighted by Gasteiger charge is 2.29. The molecule has 1 aromatic heterocycles. The molecule has 0 aliphatic carbocycles. The van der Waals surface area contributed by atoms with Crippen molar-refractivity contribution in [3.63, 3.8) is 0 Å². The number of piperazine rings is 1. The number of halogens is 2. The van der Waals surface area contributed by atoms with Crippen molar-refractivity contribution in [1.82, 2.24) is 19.8 Å². The minimum absolute atomic E-state index is 0.0433. The second-order valence-electron chi connectivity index (χ2n) is 13.2. The van der Waals surface area contributed by atoms with Crippen LogP contribution < -0.4 is 14.2 Å². The summed E-state index contributed by atoms with van der Waals surface area (Å²) >= 11 is 12.4. The molecular formula is C34H42Cl2N6O6S. The van der Waals surface area contributed by atoms with Crippen LogP contribution in [0, 0.1) is 11.3 Å². The summed E-state index contributed by atoms with van der Waals surface area (Å²) in [5, 5.41) is 10.2. The van der Waals surface area contributed by atoms with Crippen molar-refractivity contribution in [2.45, 2.75) is 58.8 Å². The third-order valence-electron chi connectivity index (χ3n) is 7.77. The van der Waals surface area contributed by atoms with E-state index in [0.717, 1.165) is 22.9 Å². The average Bonchev–Trinajstić information content (AvgIpc) is 3.02. The van der Waals surface area contributed by atoms with Gasteiger partial charge in [0.05, 0.1) is 28.4 Å². The molecule has 1 N–H and O–H groups in total. The summed E-state index contributed by atoms with van der Waals surface area (Å²) in [6.07, 6.45) is 2.16. The molecule has 1 aliphatic heterocycles. The molecule has 3 aromatic rings. The third kappa shape index (κ3) is 10.6. The number of anilines is 1. The summed E-state index contributed by atoms with van der Waals surface area (Å²) in [5.74, 6) is 1.14. The van der Waals surface area contributed by atoms with Crippen molar-refractivity contribution in [2.75, 3.05) is 49.6 Å². The van der Waals surface area contributed by atoms with Crippen molar-refractivity contribution in [1.29, 1.82) is 5.26 Å². The lowest BCUT2D eigenvalue weighted by Gasteiger charge is -2.36. The second kappa shape index (κ2) is 15.8. The molecule has 1 amide bonds. The molecule has 0 bridgehead atoms. The zero-order valence-corrected chi connectivity index (χ0v) is 30.9. The first-order chi connectivity index (χ1) is 23.0. The fourth-order valence-electron chi connectivity index (χ4n) is 5.22. The number of rotatable bonds is 12. The predicted octanol–water partition coefficient (Wildman–Crippen LogP) is 5.95. The number of hydrogen-bond donors (Lipinski definition) is 1. The maximum absolute atomic E-state index is 12.7. The van der Waals surface area contributed by atoms with Gasteiger partial charge in [-0.25, -0.2) is 23.2 Å². The molecule has 12 nitrogen and oxygen atoms in total. The Kier molecular flexibility index (Phi) is 12.2. The van der Waals surface area contributed by atoms with E-state index in [4.69, 9.17) is 37.4 Å². The number of sulfonamides is 1. The smallest absolute Gasteiger partial charge is 0.410 e. The van der Waals surface area contributed by atoms with Gasteiger partial charge in [0.15, 0.2) is 5.75 Å². The van der Waals surface area contributed by atoms with E-state index in [2.05, 4.69) is 45.6 Å². The normalized spacial score (nSPS) is 14.2. The molecule has 1 fully saturated rings. The van der Waals surface area contributed by atoms with Crippen molar-refractivity contribution in [3.05, 3.63) is 75.6 Å². The molecule has 0 spiro atoms. The minimum atomic E-state index is -3.55. The van der Waals surface area contributed by atoms with Crippen LogP contribution in [0.25, 0.3) is 0 Å². The van der Waals surface area contributed by atoms with Gasteiger partial charge in [-0.1, -0.05) is 31.5 Å². The number of carbonyl (C=O) groups is 1. The maximum Gasteiger partial charge on any atom is 0.410 e. The van der Waals surface area contributed by atoms with Crippen molar-refractivity contribution >= 4 is 45.3 Å². The second-order valence-corrected chi connectivity index (χ2v) is 15.7. The Morgan fingerprint density at radius 1 is 1.04 bits per heavy atom. The van der Waals surface area contributed by atoms with Gasteiger partial charge < -0.3 is 19.1 Å². The number of aromatic nitrogens is 2. The van der Waals surface area contributed by atoms with Crippen LogP contribution in [0.2, 0.25) is 5.02 Å². The van der Waals surface area contributed by atoms with Crippen LogP contribution in [0.15, 0.2) is 42.6 Å². The van der Waals surface area contributed by atoms with E-state index in [1.54, 1.807) is 17.0 Å². The average molecular weight is 734 g/mol. The Labute approximate surface area is 298 Å². The van der Waals surface area contributed by atoms with Gasteiger partial charge in [0.25, 0.3) is 0 Å². The number of benzene rings is 2. The summed E-state index contributed by atoms with van der Waals surface area (Å²) in [7, 11) is -3.55. The van der Waals surface area contributed by atoms with Crippen molar-refractivity contribution in [3.8, 4) is 17.6 Å². The van der Waals surface area contributed by atoms with Crippen LogP contribution in [0.4, 0.5) is 10.7 Å². The number of hydrogen-bond acceptors (Lipinski definition) is 10. The first-order valence-electron chi connectivity index (χ1n) is 15.7. The number of alkyl halides is 1. The van der Waals surface area contributed by atoms with Gasteiger partial charge in [0.2, 0.25) is 16.0 Å². The van der Waals surface area contributed by atoms with E-state index >= 15 is 0 Å². The van der Waals surface area contributed by atoms with Crippen LogP contribution in [0.3, 0.4) is 0 Å².